The Balaban J connectivity index is 1.51. The average molecular weight is 584 g/mol. The molecule has 3 heterocycles. The molecule has 1 unspecified atom stereocenters. The number of amides is 2. The van der Waals surface area contributed by atoms with E-state index >= 15 is 0 Å². The number of nitrogens with one attached hydrogen (secondary N) is 2. The van der Waals surface area contributed by atoms with Crippen molar-refractivity contribution in [3.05, 3.63) is 28.5 Å². The van der Waals surface area contributed by atoms with Crippen molar-refractivity contribution in [2.45, 2.75) is 82.9 Å². The number of thiazole rings is 1. The van der Waals surface area contributed by atoms with Gasteiger partial charge in [0.15, 0.2) is 5.01 Å². The lowest BCUT2D eigenvalue weighted by Gasteiger charge is -2.21. The van der Waals surface area contributed by atoms with E-state index in [2.05, 4.69) is 20.6 Å². The number of rotatable bonds is 10. The van der Waals surface area contributed by atoms with Gasteiger partial charge in [-0.2, -0.15) is 0 Å². The molecule has 0 spiro atoms. The molecule has 1 aliphatic heterocycles. The van der Waals surface area contributed by atoms with Gasteiger partial charge in [0.05, 0.1) is 17.0 Å². The second kappa shape index (κ2) is 10.6. The molecule has 2 aliphatic carbocycles. The van der Waals surface area contributed by atoms with Gasteiger partial charge in [-0.1, -0.05) is 0 Å². The SMILES string of the molecule is CC1CC(F)(F)CN1C(=O)c1nc(C(=O)NCC(C)(C)O)sc1-c1cnc(NC(C2CC2)C2CC2)cc1C(F)F. The van der Waals surface area contributed by atoms with Crippen LogP contribution in [-0.2, 0) is 0 Å². The zero-order valence-electron chi connectivity index (χ0n) is 22.5. The Morgan fingerprint density at radius 1 is 1.23 bits per heavy atom. The molecule has 3 fully saturated rings. The fourth-order valence-corrected chi connectivity index (χ4v) is 6.16. The molecule has 2 amide bonds. The van der Waals surface area contributed by atoms with E-state index in [9.17, 15) is 32.3 Å². The smallest absolute Gasteiger partial charge is 0.280 e. The standard InChI is InChI=1S/C27H33F4N5O3S/c1-13-9-27(30,31)12-36(13)25(38)20-21(40-24(35-20)23(37)33-11-26(2,3)39)17-10-32-18(8-16(17)22(28)29)34-19(14-4-5-14)15-6-7-15/h8,10,13-15,19,22,39H,4-7,9,11-12H2,1-3H3,(H,32,34)(H,33,37). The van der Waals surface area contributed by atoms with E-state index in [-0.39, 0.29) is 33.7 Å². The van der Waals surface area contributed by atoms with Gasteiger partial charge in [-0.25, -0.2) is 27.5 Å². The van der Waals surface area contributed by atoms with Crippen LogP contribution in [0, 0.1) is 11.8 Å². The molecule has 2 saturated carbocycles. The summed E-state index contributed by atoms with van der Waals surface area (Å²) in [6, 6.07) is 0.617. The van der Waals surface area contributed by atoms with Crippen molar-refractivity contribution in [1.29, 1.82) is 0 Å². The van der Waals surface area contributed by atoms with E-state index < -0.39 is 54.3 Å². The summed E-state index contributed by atoms with van der Waals surface area (Å²) in [6.45, 7) is 3.48. The molecule has 5 rings (SSSR count). The van der Waals surface area contributed by atoms with E-state index in [0.717, 1.165) is 30.6 Å². The van der Waals surface area contributed by atoms with Crippen LogP contribution in [0.4, 0.5) is 23.4 Å². The van der Waals surface area contributed by atoms with E-state index in [0.29, 0.717) is 29.0 Å². The third-order valence-electron chi connectivity index (χ3n) is 7.48. The number of nitrogens with zero attached hydrogens (tertiary/aromatic N) is 3. The minimum atomic E-state index is -3.10. The second-order valence-electron chi connectivity index (χ2n) is 11.8. The molecule has 1 saturated heterocycles. The fourth-order valence-electron chi connectivity index (χ4n) is 5.16. The maximum atomic E-state index is 14.4. The average Bonchev–Trinajstić information content (AvgIpc) is 3.80. The Bertz CT molecular complexity index is 1280. The van der Waals surface area contributed by atoms with Gasteiger partial charge in [-0.3, -0.25) is 9.59 Å². The van der Waals surface area contributed by atoms with Crippen molar-refractivity contribution in [2.75, 3.05) is 18.4 Å². The summed E-state index contributed by atoms with van der Waals surface area (Å²) in [5.41, 5.74) is -2.08. The molecule has 2 aromatic rings. The van der Waals surface area contributed by atoms with Crippen molar-refractivity contribution in [1.82, 2.24) is 20.2 Å². The van der Waals surface area contributed by atoms with Gasteiger partial charge in [0.2, 0.25) is 0 Å². The van der Waals surface area contributed by atoms with Gasteiger partial charge in [-0.05, 0) is 64.4 Å². The van der Waals surface area contributed by atoms with Gasteiger partial charge in [0.25, 0.3) is 24.2 Å². The van der Waals surface area contributed by atoms with Crippen molar-refractivity contribution in [3.63, 3.8) is 0 Å². The molecule has 2 aromatic heterocycles. The topological polar surface area (TPSA) is 107 Å². The number of hydrogen-bond donors (Lipinski definition) is 3. The second-order valence-corrected chi connectivity index (χ2v) is 12.8. The summed E-state index contributed by atoms with van der Waals surface area (Å²) in [5.74, 6) is -3.39. The third-order valence-corrected chi connectivity index (χ3v) is 8.57. The highest BCUT2D eigenvalue weighted by Crippen LogP contribution is 2.46. The molecular weight excluding hydrogens is 550 g/mol. The maximum Gasteiger partial charge on any atom is 0.280 e. The monoisotopic (exact) mass is 583 g/mol. The van der Waals surface area contributed by atoms with Gasteiger partial charge >= 0.3 is 0 Å². The van der Waals surface area contributed by atoms with Crippen LogP contribution in [0.25, 0.3) is 10.4 Å². The molecule has 3 N–H and O–H groups in total. The molecule has 13 heteroatoms. The lowest BCUT2D eigenvalue weighted by molar-refractivity contribution is 0.0118. The number of carbonyl (C=O) groups excluding carboxylic acids is 2. The number of carbonyl (C=O) groups is 2. The van der Waals surface area contributed by atoms with Gasteiger partial charge < -0.3 is 20.6 Å². The number of pyridine rings is 1. The molecular formula is C27H33F4N5O3S. The van der Waals surface area contributed by atoms with Crippen LogP contribution in [0.15, 0.2) is 12.3 Å². The summed E-state index contributed by atoms with van der Waals surface area (Å²) in [4.78, 5) is 35.8. The van der Waals surface area contributed by atoms with Gasteiger partial charge in [0.1, 0.15) is 11.5 Å². The lowest BCUT2D eigenvalue weighted by Crippen LogP contribution is -2.38. The van der Waals surface area contributed by atoms with Gasteiger partial charge in [-0.15, -0.1) is 11.3 Å². The number of alkyl halides is 4. The highest BCUT2D eigenvalue weighted by molar-refractivity contribution is 7.17. The van der Waals surface area contributed by atoms with Crippen LogP contribution >= 0.6 is 11.3 Å². The van der Waals surface area contributed by atoms with Crippen LogP contribution in [0.3, 0.4) is 0 Å². The van der Waals surface area contributed by atoms with Crippen LogP contribution in [0.5, 0.6) is 0 Å². The first-order chi connectivity index (χ1) is 18.7. The van der Waals surface area contributed by atoms with Crippen LogP contribution in [0.1, 0.15) is 85.2 Å². The molecule has 40 heavy (non-hydrogen) atoms. The Kier molecular flexibility index (Phi) is 7.58. The van der Waals surface area contributed by atoms with Crippen LogP contribution in [-0.4, -0.2) is 68.5 Å². The number of hydrogen-bond acceptors (Lipinski definition) is 7. The van der Waals surface area contributed by atoms with Crippen molar-refractivity contribution in [3.8, 4) is 10.4 Å². The normalized spacial score (nSPS) is 20.9. The third kappa shape index (κ3) is 6.40. The zero-order chi connectivity index (χ0) is 29.0. The summed E-state index contributed by atoms with van der Waals surface area (Å²) >= 11 is 0.707. The molecule has 1 atom stereocenters. The largest absolute Gasteiger partial charge is 0.389 e. The first-order valence-electron chi connectivity index (χ1n) is 13.5. The number of halogens is 4. The predicted octanol–water partition coefficient (Wildman–Crippen LogP) is 5.11. The zero-order valence-corrected chi connectivity index (χ0v) is 23.3. The summed E-state index contributed by atoms with van der Waals surface area (Å²) in [7, 11) is 0. The van der Waals surface area contributed by atoms with Crippen molar-refractivity contribution >= 4 is 29.0 Å². The summed E-state index contributed by atoms with van der Waals surface area (Å²) < 4.78 is 57.1. The molecule has 218 valence electrons. The first kappa shape index (κ1) is 28.7. The summed E-state index contributed by atoms with van der Waals surface area (Å²) in [6.07, 6.45) is 2.11. The van der Waals surface area contributed by atoms with E-state index in [1.807, 2.05) is 0 Å². The van der Waals surface area contributed by atoms with Crippen molar-refractivity contribution in [2.24, 2.45) is 11.8 Å². The van der Waals surface area contributed by atoms with E-state index in [4.69, 9.17) is 0 Å². The highest BCUT2D eigenvalue weighted by atomic mass is 32.1. The number of likely N-dealkylation sites (tertiary alicyclic amines) is 1. The fraction of sp³-hybridized carbons (Fsp3) is 0.630. The molecule has 0 aromatic carbocycles. The Morgan fingerprint density at radius 2 is 1.88 bits per heavy atom. The lowest BCUT2D eigenvalue weighted by atomic mass is 10.1. The predicted molar refractivity (Wildman–Crippen MR) is 142 cm³/mol. The molecule has 3 aliphatic rings. The molecule has 8 nitrogen and oxygen atoms in total. The molecule has 0 radical (unpaired) electrons. The minimum Gasteiger partial charge on any atom is -0.389 e. The van der Waals surface area contributed by atoms with E-state index in [1.54, 1.807) is 0 Å². The van der Waals surface area contributed by atoms with Crippen LogP contribution < -0.4 is 10.6 Å². The first-order valence-corrected chi connectivity index (χ1v) is 14.3. The van der Waals surface area contributed by atoms with Crippen LogP contribution in [0.2, 0.25) is 0 Å². The Morgan fingerprint density at radius 3 is 2.40 bits per heavy atom. The van der Waals surface area contributed by atoms with E-state index in [1.165, 1.54) is 33.0 Å². The number of aromatic nitrogens is 2. The Labute approximate surface area is 233 Å². The minimum absolute atomic E-state index is 0.0453. The Hall–Kier alpha value is -2.80. The number of aliphatic hydroxyl groups is 1. The summed E-state index contributed by atoms with van der Waals surface area (Å²) in [5, 5.41) is 15.6. The number of anilines is 1. The maximum absolute atomic E-state index is 14.4. The highest BCUT2D eigenvalue weighted by Gasteiger charge is 2.46. The quantitative estimate of drug-likeness (QED) is 0.336. The van der Waals surface area contributed by atoms with Gasteiger partial charge in [0, 0.05) is 42.4 Å². The molecule has 0 bridgehead atoms. The van der Waals surface area contributed by atoms with Crippen molar-refractivity contribution < 1.29 is 32.3 Å².